The van der Waals surface area contributed by atoms with Gasteiger partial charge in [0.2, 0.25) is 5.95 Å². The molecule has 3 heterocycles. The molecule has 1 spiro atoms. The molecule has 5 nitrogen and oxygen atoms in total. The van der Waals surface area contributed by atoms with E-state index in [1.165, 1.54) is 19.3 Å². The molecule has 3 rings (SSSR count). The standard InChI is InChI=1S/C14H21N3O2/c1-18-10-12-2-6-15-13(16-12)17-7-3-14(11-17)4-8-19-9-5-14/h2,6H,3-5,7-11H2,1H3. The van der Waals surface area contributed by atoms with Crippen molar-refractivity contribution in [3.63, 3.8) is 0 Å². The van der Waals surface area contributed by atoms with Crippen molar-refractivity contribution in [2.75, 3.05) is 38.3 Å². The monoisotopic (exact) mass is 263 g/mol. The Labute approximate surface area is 113 Å². The average molecular weight is 263 g/mol. The minimum atomic E-state index is 0.429. The van der Waals surface area contributed by atoms with E-state index >= 15 is 0 Å². The van der Waals surface area contributed by atoms with Crippen LogP contribution in [0.15, 0.2) is 12.3 Å². The maximum absolute atomic E-state index is 5.48. The molecular formula is C14H21N3O2. The maximum atomic E-state index is 5.48. The van der Waals surface area contributed by atoms with E-state index in [0.29, 0.717) is 12.0 Å². The molecule has 0 radical (unpaired) electrons. The van der Waals surface area contributed by atoms with Crippen molar-refractivity contribution in [2.45, 2.75) is 25.9 Å². The van der Waals surface area contributed by atoms with Crippen molar-refractivity contribution in [3.05, 3.63) is 18.0 Å². The summed E-state index contributed by atoms with van der Waals surface area (Å²) in [7, 11) is 1.69. The number of hydrogen-bond acceptors (Lipinski definition) is 5. The van der Waals surface area contributed by atoms with Gasteiger partial charge in [-0.3, -0.25) is 0 Å². The predicted octanol–water partition coefficient (Wildman–Crippen LogP) is 1.63. The summed E-state index contributed by atoms with van der Waals surface area (Å²) in [6.45, 7) is 4.46. The molecular weight excluding hydrogens is 242 g/mol. The SMILES string of the molecule is COCc1ccnc(N2CCC3(CCOCC3)C2)n1. The highest BCUT2D eigenvalue weighted by molar-refractivity contribution is 5.33. The Morgan fingerprint density at radius 2 is 2.21 bits per heavy atom. The lowest BCUT2D eigenvalue weighted by Gasteiger charge is -2.33. The fraction of sp³-hybridized carbons (Fsp3) is 0.714. The van der Waals surface area contributed by atoms with Crippen LogP contribution in [0.4, 0.5) is 5.95 Å². The normalized spacial score (nSPS) is 22.1. The summed E-state index contributed by atoms with van der Waals surface area (Å²) in [4.78, 5) is 11.3. The van der Waals surface area contributed by atoms with Crippen LogP contribution in [0.2, 0.25) is 0 Å². The molecule has 2 fully saturated rings. The summed E-state index contributed by atoms with van der Waals surface area (Å²) in [5.74, 6) is 0.845. The molecule has 0 saturated carbocycles. The molecule has 2 aliphatic heterocycles. The fourth-order valence-corrected chi connectivity index (χ4v) is 3.08. The van der Waals surface area contributed by atoms with Gasteiger partial charge in [-0.15, -0.1) is 0 Å². The molecule has 0 atom stereocenters. The topological polar surface area (TPSA) is 47.5 Å². The Hall–Kier alpha value is -1.20. The van der Waals surface area contributed by atoms with Crippen molar-refractivity contribution in [3.8, 4) is 0 Å². The molecule has 2 saturated heterocycles. The van der Waals surface area contributed by atoms with E-state index in [0.717, 1.165) is 37.9 Å². The van der Waals surface area contributed by atoms with Crippen LogP contribution >= 0.6 is 0 Å². The first-order valence-electron chi connectivity index (χ1n) is 6.95. The van der Waals surface area contributed by atoms with Gasteiger partial charge in [0, 0.05) is 39.6 Å². The van der Waals surface area contributed by atoms with Gasteiger partial charge < -0.3 is 14.4 Å². The third-order valence-electron chi connectivity index (χ3n) is 4.27. The van der Waals surface area contributed by atoms with Gasteiger partial charge in [0.05, 0.1) is 12.3 Å². The molecule has 0 N–H and O–H groups in total. The van der Waals surface area contributed by atoms with Crippen molar-refractivity contribution in [2.24, 2.45) is 5.41 Å². The summed E-state index contributed by atoms with van der Waals surface area (Å²) < 4.78 is 10.6. The van der Waals surface area contributed by atoms with Gasteiger partial charge in [-0.25, -0.2) is 9.97 Å². The molecule has 0 amide bonds. The summed E-state index contributed by atoms with van der Waals surface area (Å²) in [6.07, 6.45) is 5.39. The third kappa shape index (κ3) is 2.72. The van der Waals surface area contributed by atoms with Crippen LogP contribution in [0.3, 0.4) is 0 Å². The van der Waals surface area contributed by atoms with Gasteiger partial charge >= 0.3 is 0 Å². The number of nitrogens with zero attached hydrogens (tertiary/aromatic N) is 3. The van der Waals surface area contributed by atoms with Crippen LogP contribution in [0.5, 0.6) is 0 Å². The zero-order valence-corrected chi connectivity index (χ0v) is 11.5. The first-order valence-corrected chi connectivity index (χ1v) is 6.95. The summed E-state index contributed by atoms with van der Waals surface area (Å²) >= 11 is 0. The summed E-state index contributed by atoms with van der Waals surface area (Å²) in [5.41, 5.74) is 1.37. The number of hydrogen-bond donors (Lipinski definition) is 0. The van der Waals surface area contributed by atoms with E-state index in [1.807, 2.05) is 12.3 Å². The predicted molar refractivity (Wildman–Crippen MR) is 72.1 cm³/mol. The van der Waals surface area contributed by atoms with Crippen LogP contribution in [-0.4, -0.2) is 43.4 Å². The molecule has 5 heteroatoms. The molecule has 2 aliphatic rings. The van der Waals surface area contributed by atoms with Crippen molar-refractivity contribution >= 4 is 5.95 Å². The van der Waals surface area contributed by atoms with E-state index in [9.17, 15) is 0 Å². The highest BCUT2D eigenvalue weighted by atomic mass is 16.5. The van der Waals surface area contributed by atoms with Gasteiger partial charge in [0.15, 0.2) is 0 Å². The largest absolute Gasteiger partial charge is 0.381 e. The minimum Gasteiger partial charge on any atom is -0.381 e. The lowest BCUT2D eigenvalue weighted by Crippen LogP contribution is -2.33. The lowest BCUT2D eigenvalue weighted by atomic mass is 9.80. The Balaban J connectivity index is 1.71. The van der Waals surface area contributed by atoms with Crippen molar-refractivity contribution in [1.29, 1.82) is 0 Å². The second kappa shape index (κ2) is 5.43. The van der Waals surface area contributed by atoms with Crippen molar-refractivity contribution < 1.29 is 9.47 Å². The molecule has 0 unspecified atom stereocenters. The number of rotatable bonds is 3. The van der Waals surface area contributed by atoms with Crippen LogP contribution < -0.4 is 4.90 Å². The highest BCUT2D eigenvalue weighted by Gasteiger charge is 2.40. The molecule has 0 bridgehead atoms. The van der Waals surface area contributed by atoms with Crippen molar-refractivity contribution in [1.82, 2.24) is 9.97 Å². The van der Waals surface area contributed by atoms with Crippen LogP contribution in [0.25, 0.3) is 0 Å². The Kier molecular flexibility index (Phi) is 3.66. The highest BCUT2D eigenvalue weighted by Crippen LogP contribution is 2.40. The Morgan fingerprint density at radius 1 is 1.37 bits per heavy atom. The van der Waals surface area contributed by atoms with Crippen LogP contribution in [-0.2, 0) is 16.1 Å². The lowest BCUT2D eigenvalue weighted by molar-refractivity contribution is 0.0254. The van der Waals surface area contributed by atoms with E-state index < -0.39 is 0 Å². The molecule has 1 aromatic heterocycles. The number of anilines is 1. The van der Waals surface area contributed by atoms with Gasteiger partial charge in [-0.2, -0.15) is 0 Å². The average Bonchev–Trinajstić information content (AvgIpc) is 2.84. The zero-order valence-electron chi connectivity index (χ0n) is 11.5. The molecule has 104 valence electrons. The van der Waals surface area contributed by atoms with Gasteiger partial charge in [0.25, 0.3) is 0 Å². The van der Waals surface area contributed by atoms with E-state index in [4.69, 9.17) is 9.47 Å². The van der Waals surface area contributed by atoms with Gasteiger partial charge in [0.1, 0.15) is 0 Å². The first kappa shape index (κ1) is 12.8. The number of methoxy groups -OCH3 is 1. The molecule has 0 aliphatic carbocycles. The van der Waals surface area contributed by atoms with Crippen LogP contribution in [0.1, 0.15) is 25.0 Å². The summed E-state index contributed by atoms with van der Waals surface area (Å²) in [5, 5.41) is 0. The fourth-order valence-electron chi connectivity index (χ4n) is 3.08. The third-order valence-corrected chi connectivity index (χ3v) is 4.27. The molecule has 1 aromatic rings. The maximum Gasteiger partial charge on any atom is 0.225 e. The smallest absolute Gasteiger partial charge is 0.225 e. The molecule has 19 heavy (non-hydrogen) atoms. The van der Waals surface area contributed by atoms with E-state index in [2.05, 4.69) is 14.9 Å². The Bertz CT molecular complexity index is 432. The minimum absolute atomic E-state index is 0.429. The summed E-state index contributed by atoms with van der Waals surface area (Å²) in [6, 6.07) is 1.91. The van der Waals surface area contributed by atoms with Crippen LogP contribution in [0, 0.1) is 5.41 Å². The second-order valence-corrected chi connectivity index (χ2v) is 5.56. The van der Waals surface area contributed by atoms with E-state index in [-0.39, 0.29) is 0 Å². The molecule has 0 aromatic carbocycles. The Morgan fingerprint density at radius 3 is 3.00 bits per heavy atom. The van der Waals surface area contributed by atoms with Gasteiger partial charge in [-0.05, 0) is 30.7 Å². The van der Waals surface area contributed by atoms with E-state index in [1.54, 1.807) is 7.11 Å². The first-order chi connectivity index (χ1) is 9.31. The quantitative estimate of drug-likeness (QED) is 0.829. The number of aromatic nitrogens is 2. The second-order valence-electron chi connectivity index (χ2n) is 5.56. The number of ether oxygens (including phenoxy) is 2. The zero-order chi connectivity index (χ0) is 13.1. The van der Waals surface area contributed by atoms with Gasteiger partial charge in [-0.1, -0.05) is 0 Å².